The van der Waals surface area contributed by atoms with Crippen LogP contribution in [0.25, 0.3) is 22.1 Å². The Bertz CT molecular complexity index is 1130. The molecule has 1 aliphatic rings. The van der Waals surface area contributed by atoms with Crippen molar-refractivity contribution in [3.8, 4) is 0 Å². The molecule has 25 heavy (non-hydrogen) atoms. The highest BCUT2D eigenvalue weighted by molar-refractivity contribution is 6.10. The van der Waals surface area contributed by atoms with Crippen molar-refractivity contribution in [2.75, 3.05) is 16.8 Å². The summed E-state index contributed by atoms with van der Waals surface area (Å²) in [4.78, 5) is 13.2. The molecule has 3 aromatic heterocycles. The quantitative estimate of drug-likeness (QED) is 0.506. The number of benzene rings is 1. The van der Waals surface area contributed by atoms with E-state index in [0.717, 1.165) is 44.8 Å². The average molecular weight is 329 g/mol. The Balaban J connectivity index is 1.82. The van der Waals surface area contributed by atoms with Crippen LogP contribution in [0.5, 0.6) is 0 Å². The molecule has 0 fully saturated rings. The number of hydrogen-bond donors (Lipinski definition) is 0. The van der Waals surface area contributed by atoms with Gasteiger partial charge in [0.15, 0.2) is 11.4 Å². The second-order valence-corrected chi connectivity index (χ2v) is 6.46. The number of furan rings is 1. The van der Waals surface area contributed by atoms with Crippen LogP contribution >= 0.6 is 0 Å². The van der Waals surface area contributed by atoms with Crippen LogP contribution in [0, 0.1) is 20.5 Å². The van der Waals surface area contributed by atoms with Gasteiger partial charge >= 0.3 is 0 Å². The number of rotatable bonds is 1. The SMILES string of the molecule is Cc1ccc2c(n1)oc1c(N3[CH]N(C)c4ncccc43)c(C)ccc12. The number of aromatic nitrogens is 2. The molecule has 0 saturated carbocycles. The number of hydrogen-bond acceptors (Lipinski definition) is 5. The zero-order valence-electron chi connectivity index (χ0n) is 14.3. The van der Waals surface area contributed by atoms with Gasteiger partial charge in [-0.15, -0.1) is 0 Å². The highest BCUT2D eigenvalue weighted by atomic mass is 16.3. The average Bonchev–Trinajstić information content (AvgIpc) is 3.12. The van der Waals surface area contributed by atoms with Crippen LogP contribution in [0.2, 0.25) is 0 Å². The summed E-state index contributed by atoms with van der Waals surface area (Å²) in [5.74, 6) is 0.934. The first-order valence-electron chi connectivity index (χ1n) is 8.25. The molecule has 1 aliphatic heterocycles. The van der Waals surface area contributed by atoms with E-state index in [1.54, 1.807) is 0 Å². The van der Waals surface area contributed by atoms with E-state index in [-0.39, 0.29) is 0 Å². The van der Waals surface area contributed by atoms with Crippen molar-refractivity contribution in [1.29, 1.82) is 0 Å². The summed E-state index contributed by atoms with van der Waals surface area (Å²) < 4.78 is 6.20. The van der Waals surface area contributed by atoms with Gasteiger partial charge in [-0.2, -0.15) is 0 Å². The monoisotopic (exact) mass is 329 g/mol. The maximum Gasteiger partial charge on any atom is 0.227 e. The fraction of sp³-hybridized carbons (Fsp3) is 0.150. The molecular formula is C20H17N4O. The van der Waals surface area contributed by atoms with Crippen LogP contribution < -0.4 is 9.80 Å². The lowest BCUT2D eigenvalue weighted by Gasteiger charge is -2.20. The minimum atomic E-state index is 0.681. The van der Waals surface area contributed by atoms with Gasteiger partial charge in [0.1, 0.15) is 6.67 Å². The second-order valence-electron chi connectivity index (χ2n) is 6.46. The molecule has 0 atom stereocenters. The molecule has 1 aromatic carbocycles. The number of anilines is 3. The van der Waals surface area contributed by atoms with Crippen molar-refractivity contribution in [2.45, 2.75) is 13.8 Å². The fourth-order valence-corrected chi connectivity index (χ4v) is 3.51. The Kier molecular flexibility index (Phi) is 2.83. The van der Waals surface area contributed by atoms with Gasteiger partial charge in [-0.05, 0) is 43.7 Å². The van der Waals surface area contributed by atoms with Gasteiger partial charge in [0.25, 0.3) is 0 Å². The van der Waals surface area contributed by atoms with E-state index in [0.29, 0.717) is 5.71 Å². The molecule has 123 valence electrons. The van der Waals surface area contributed by atoms with Crippen molar-refractivity contribution >= 4 is 39.3 Å². The molecule has 5 rings (SSSR count). The first kappa shape index (κ1) is 14.3. The molecule has 0 amide bonds. The van der Waals surface area contributed by atoms with E-state index in [9.17, 15) is 0 Å². The maximum atomic E-state index is 6.20. The molecule has 0 unspecified atom stereocenters. The first-order chi connectivity index (χ1) is 12.1. The number of pyridine rings is 2. The van der Waals surface area contributed by atoms with E-state index < -0.39 is 0 Å². The Morgan fingerprint density at radius 3 is 2.72 bits per heavy atom. The summed E-state index contributed by atoms with van der Waals surface area (Å²) in [7, 11) is 2.00. The van der Waals surface area contributed by atoms with Gasteiger partial charge in [0, 0.05) is 29.7 Å². The van der Waals surface area contributed by atoms with Crippen molar-refractivity contribution in [3.63, 3.8) is 0 Å². The lowest BCUT2D eigenvalue weighted by molar-refractivity contribution is 0.652. The Hall–Kier alpha value is -3.08. The lowest BCUT2D eigenvalue weighted by Crippen LogP contribution is -2.18. The number of nitrogens with zero attached hydrogens (tertiary/aromatic N) is 4. The minimum Gasteiger partial charge on any atom is -0.435 e. The number of aryl methyl sites for hydroxylation is 2. The molecule has 0 bridgehead atoms. The standard InChI is InChI=1S/C20H17N4O/c1-12-6-8-14-15-9-7-13(2)22-20(15)25-18(14)17(12)24-11-23(3)19-16(24)5-4-10-21-19/h4-11H,1-3H3. The van der Waals surface area contributed by atoms with Crippen LogP contribution in [-0.4, -0.2) is 17.0 Å². The van der Waals surface area contributed by atoms with E-state index in [1.165, 1.54) is 0 Å². The Labute approximate surface area is 145 Å². The highest BCUT2D eigenvalue weighted by Crippen LogP contribution is 2.45. The van der Waals surface area contributed by atoms with Crippen molar-refractivity contribution < 1.29 is 4.42 Å². The third-order valence-electron chi connectivity index (χ3n) is 4.71. The topological polar surface area (TPSA) is 45.4 Å². The third kappa shape index (κ3) is 1.95. The van der Waals surface area contributed by atoms with Crippen LogP contribution in [0.4, 0.5) is 17.2 Å². The summed E-state index contributed by atoms with van der Waals surface area (Å²) in [6, 6.07) is 12.4. The van der Waals surface area contributed by atoms with Crippen LogP contribution in [0.15, 0.2) is 47.0 Å². The van der Waals surface area contributed by atoms with Crippen molar-refractivity contribution in [2.24, 2.45) is 0 Å². The summed E-state index contributed by atoms with van der Waals surface area (Å²) in [5.41, 5.74) is 5.71. The Morgan fingerprint density at radius 1 is 1.00 bits per heavy atom. The molecule has 5 nitrogen and oxygen atoms in total. The zero-order valence-corrected chi connectivity index (χ0v) is 14.3. The first-order valence-corrected chi connectivity index (χ1v) is 8.25. The number of fused-ring (bicyclic) bond motifs is 4. The summed E-state index contributed by atoms with van der Waals surface area (Å²) in [6.07, 6.45) is 1.81. The lowest BCUT2D eigenvalue weighted by atomic mass is 10.1. The molecule has 0 spiro atoms. The minimum absolute atomic E-state index is 0.681. The Morgan fingerprint density at radius 2 is 1.84 bits per heavy atom. The van der Waals surface area contributed by atoms with E-state index in [4.69, 9.17) is 4.42 Å². The normalized spacial score (nSPS) is 13.9. The summed E-state index contributed by atoms with van der Waals surface area (Å²) in [5, 5.41) is 2.12. The van der Waals surface area contributed by atoms with Crippen LogP contribution in [-0.2, 0) is 0 Å². The molecule has 4 aromatic rings. The fourth-order valence-electron chi connectivity index (χ4n) is 3.51. The van der Waals surface area contributed by atoms with E-state index in [1.807, 2.05) is 43.9 Å². The van der Waals surface area contributed by atoms with Gasteiger partial charge in [-0.3, -0.25) is 0 Å². The van der Waals surface area contributed by atoms with Gasteiger partial charge in [-0.25, -0.2) is 9.97 Å². The maximum absolute atomic E-state index is 6.20. The smallest absolute Gasteiger partial charge is 0.227 e. The summed E-state index contributed by atoms with van der Waals surface area (Å²) >= 11 is 0. The van der Waals surface area contributed by atoms with Gasteiger partial charge < -0.3 is 14.2 Å². The van der Waals surface area contributed by atoms with Gasteiger partial charge in [0.05, 0.1) is 11.4 Å². The molecule has 5 heteroatoms. The highest BCUT2D eigenvalue weighted by Gasteiger charge is 2.29. The van der Waals surface area contributed by atoms with E-state index in [2.05, 4.69) is 46.1 Å². The van der Waals surface area contributed by atoms with E-state index >= 15 is 0 Å². The van der Waals surface area contributed by atoms with Crippen molar-refractivity contribution in [1.82, 2.24) is 9.97 Å². The van der Waals surface area contributed by atoms with Gasteiger partial charge in [0.2, 0.25) is 5.71 Å². The third-order valence-corrected chi connectivity index (χ3v) is 4.71. The van der Waals surface area contributed by atoms with Crippen LogP contribution in [0.1, 0.15) is 11.3 Å². The van der Waals surface area contributed by atoms with Crippen LogP contribution in [0.3, 0.4) is 0 Å². The molecule has 0 N–H and O–H groups in total. The molecule has 0 saturated heterocycles. The molecular weight excluding hydrogens is 312 g/mol. The molecule has 1 radical (unpaired) electrons. The largest absolute Gasteiger partial charge is 0.435 e. The van der Waals surface area contributed by atoms with Crippen molar-refractivity contribution in [3.05, 3.63) is 60.5 Å². The summed E-state index contributed by atoms with van der Waals surface area (Å²) in [6.45, 7) is 6.12. The second kappa shape index (κ2) is 4.96. The van der Waals surface area contributed by atoms with Gasteiger partial charge in [-0.1, -0.05) is 12.1 Å². The predicted molar refractivity (Wildman–Crippen MR) is 100 cm³/mol. The zero-order chi connectivity index (χ0) is 17.1. The molecule has 0 aliphatic carbocycles. The predicted octanol–water partition coefficient (Wildman–Crippen LogP) is 4.70. The molecule has 4 heterocycles.